The molecule has 3 aliphatic carbocycles. The highest BCUT2D eigenvalue weighted by Gasteiger charge is 2.59. The number of hydrogen-bond donors (Lipinski definition) is 0. The van der Waals surface area contributed by atoms with E-state index < -0.39 is 0 Å². The summed E-state index contributed by atoms with van der Waals surface area (Å²) >= 11 is 0. The molecule has 4 fully saturated rings. The van der Waals surface area contributed by atoms with Crippen molar-refractivity contribution in [2.24, 2.45) is 28.6 Å². The highest BCUT2D eigenvalue weighted by molar-refractivity contribution is 5.76. The van der Waals surface area contributed by atoms with Crippen molar-refractivity contribution >= 4 is 5.91 Å². The van der Waals surface area contributed by atoms with E-state index in [0.29, 0.717) is 24.5 Å². The molecule has 1 heterocycles. The van der Waals surface area contributed by atoms with E-state index in [2.05, 4.69) is 20.8 Å². The van der Waals surface area contributed by atoms with Crippen LogP contribution in [0.4, 0.5) is 0 Å². The summed E-state index contributed by atoms with van der Waals surface area (Å²) in [5, 5.41) is 1.85. The highest BCUT2D eigenvalue weighted by atomic mass is 16.7. The molecule has 4 rings (SSSR count). The predicted octanol–water partition coefficient (Wildman–Crippen LogP) is 5.34. The molecular weight excluding hydrogens is 310 g/mol. The van der Waals surface area contributed by atoms with Crippen LogP contribution in [-0.2, 0) is 9.63 Å². The third-order valence-electron chi connectivity index (χ3n) is 8.73. The summed E-state index contributed by atoms with van der Waals surface area (Å²) in [6.07, 6.45) is 13.5. The van der Waals surface area contributed by atoms with Crippen LogP contribution in [0, 0.1) is 28.6 Å². The fourth-order valence-corrected chi connectivity index (χ4v) is 7.30. The maximum atomic E-state index is 12.6. The molecule has 1 unspecified atom stereocenters. The Morgan fingerprint density at radius 2 is 1.92 bits per heavy atom. The number of piperidine rings is 1. The Labute approximate surface area is 153 Å². The number of nitrogens with zero attached hydrogens (tertiary/aromatic N) is 1. The molecule has 1 saturated heterocycles. The molecule has 0 bridgehead atoms. The van der Waals surface area contributed by atoms with Gasteiger partial charge in [-0.1, -0.05) is 33.6 Å². The normalized spacial score (nSPS) is 46.5. The molecule has 4 aliphatic rings. The van der Waals surface area contributed by atoms with Crippen molar-refractivity contribution in [2.75, 3.05) is 6.61 Å². The van der Waals surface area contributed by atoms with E-state index in [9.17, 15) is 4.79 Å². The lowest BCUT2D eigenvalue weighted by atomic mass is 9.48. The minimum Gasteiger partial charge on any atom is -0.273 e. The number of fused-ring (bicyclic) bond motifs is 5. The first kappa shape index (κ1) is 17.8. The van der Waals surface area contributed by atoms with Gasteiger partial charge in [-0.15, -0.1) is 0 Å². The Morgan fingerprint density at radius 1 is 1.08 bits per heavy atom. The van der Waals surface area contributed by atoms with Crippen LogP contribution in [0.15, 0.2) is 0 Å². The summed E-state index contributed by atoms with van der Waals surface area (Å²) in [6.45, 7) is 7.94. The fourth-order valence-electron chi connectivity index (χ4n) is 7.30. The summed E-state index contributed by atoms with van der Waals surface area (Å²) in [7, 11) is 0. The standard InChI is InChI=1S/C22H37NO2/c1-4-5-15-25-23-19-9-8-16-17-7-6-12-21(17,2)13-10-18(16)22(19,3)14-11-20(23)24/h16-19H,4-15H2,1-3H3/t16-,17-,18+,19?,21-,22+/m0/s1. The van der Waals surface area contributed by atoms with Gasteiger partial charge >= 0.3 is 0 Å². The zero-order chi connectivity index (χ0) is 17.7. The van der Waals surface area contributed by atoms with Gasteiger partial charge in [0, 0.05) is 6.42 Å². The Bertz CT molecular complexity index is 520. The van der Waals surface area contributed by atoms with Crippen molar-refractivity contribution in [1.29, 1.82) is 0 Å². The van der Waals surface area contributed by atoms with Crippen molar-refractivity contribution < 1.29 is 9.63 Å². The van der Waals surface area contributed by atoms with Crippen LogP contribution in [0.5, 0.6) is 0 Å². The molecule has 0 aromatic carbocycles. The zero-order valence-corrected chi connectivity index (χ0v) is 16.6. The number of hydrogen-bond acceptors (Lipinski definition) is 2. The third-order valence-corrected chi connectivity index (χ3v) is 8.73. The Hall–Kier alpha value is -0.570. The van der Waals surface area contributed by atoms with Crippen molar-refractivity contribution in [2.45, 2.75) is 97.4 Å². The number of carbonyl (C=O) groups is 1. The second-order valence-electron chi connectivity index (χ2n) is 9.97. The first-order valence-electron chi connectivity index (χ1n) is 10.9. The summed E-state index contributed by atoms with van der Waals surface area (Å²) in [5.74, 6) is 2.87. The lowest BCUT2D eigenvalue weighted by Gasteiger charge is -2.61. The molecule has 0 radical (unpaired) electrons. The van der Waals surface area contributed by atoms with E-state index >= 15 is 0 Å². The number of hydroxylamine groups is 2. The predicted molar refractivity (Wildman–Crippen MR) is 99.7 cm³/mol. The van der Waals surface area contributed by atoms with Gasteiger partial charge < -0.3 is 0 Å². The van der Waals surface area contributed by atoms with Gasteiger partial charge in [0.15, 0.2) is 0 Å². The van der Waals surface area contributed by atoms with E-state index in [1.54, 1.807) is 0 Å². The molecule has 3 heteroatoms. The van der Waals surface area contributed by atoms with Gasteiger partial charge in [0.05, 0.1) is 12.6 Å². The average molecular weight is 348 g/mol. The minimum absolute atomic E-state index is 0.235. The molecule has 0 N–H and O–H groups in total. The minimum atomic E-state index is 0.235. The molecule has 1 amide bonds. The van der Waals surface area contributed by atoms with E-state index in [1.165, 1.54) is 38.5 Å². The molecule has 142 valence electrons. The van der Waals surface area contributed by atoms with E-state index in [1.807, 2.05) is 5.06 Å². The summed E-state index contributed by atoms with van der Waals surface area (Å²) in [6, 6.07) is 0.317. The molecule has 3 saturated carbocycles. The summed E-state index contributed by atoms with van der Waals surface area (Å²) < 4.78 is 0. The van der Waals surface area contributed by atoms with Crippen LogP contribution in [-0.4, -0.2) is 23.6 Å². The van der Waals surface area contributed by atoms with E-state index in [-0.39, 0.29) is 11.3 Å². The van der Waals surface area contributed by atoms with Crippen molar-refractivity contribution in [3.8, 4) is 0 Å². The number of rotatable bonds is 4. The number of unbranched alkanes of at least 4 members (excludes halogenated alkanes) is 1. The van der Waals surface area contributed by atoms with Crippen LogP contribution in [0.1, 0.15) is 91.4 Å². The van der Waals surface area contributed by atoms with Crippen LogP contribution in [0.2, 0.25) is 0 Å². The van der Waals surface area contributed by atoms with Gasteiger partial charge in [-0.2, -0.15) is 0 Å². The molecule has 0 aromatic rings. The number of carbonyl (C=O) groups excluding carboxylic acids is 1. The van der Waals surface area contributed by atoms with Gasteiger partial charge in [-0.25, -0.2) is 5.06 Å². The first-order chi connectivity index (χ1) is 12.0. The average Bonchev–Trinajstić information content (AvgIpc) is 2.99. The number of amides is 1. The molecule has 1 aliphatic heterocycles. The van der Waals surface area contributed by atoms with E-state index in [0.717, 1.165) is 43.4 Å². The molecule has 0 spiro atoms. The van der Waals surface area contributed by atoms with Crippen molar-refractivity contribution in [3.05, 3.63) is 0 Å². The summed E-state index contributed by atoms with van der Waals surface area (Å²) in [5.41, 5.74) is 0.888. The van der Waals surface area contributed by atoms with E-state index in [4.69, 9.17) is 4.84 Å². The molecule has 3 nitrogen and oxygen atoms in total. The second kappa shape index (κ2) is 6.55. The van der Waals surface area contributed by atoms with Gasteiger partial charge in [0.1, 0.15) is 0 Å². The van der Waals surface area contributed by atoms with Gasteiger partial charge in [-0.3, -0.25) is 9.63 Å². The fraction of sp³-hybridized carbons (Fsp3) is 0.955. The topological polar surface area (TPSA) is 29.5 Å². The van der Waals surface area contributed by atoms with Gasteiger partial charge in [0.2, 0.25) is 5.91 Å². The SMILES string of the molecule is CCCCON1C(=O)CC[C@@]2(C)C1CC[C@@H]1[C@H]2CC[C@]2(C)CCC[C@@H]12. The Morgan fingerprint density at radius 3 is 2.72 bits per heavy atom. The lowest BCUT2D eigenvalue weighted by Crippen LogP contribution is -2.61. The van der Waals surface area contributed by atoms with Crippen LogP contribution >= 0.6 is 0 Å². The van der Waals surface area contributed by atoms with Crippen LogP contribution in [0.25, 0.3) is 0 Å². The molecule has 6 atom stereocenters. The molecular formula is C22H37NO2. The largest absolute Gasteiger partial charge is 0.273 e. The molecule has 0 aromatic heterocycles. The first-order valence-corrected chi connectivity index (χ1v) is 10.9. The Balaban J connectivity index is 1.56. The smallest absolute Gasteiger partial charge is 0.246 e. The zero-order valence-electron chi connectivity index (χ0n) is 16.6. The van der Waals surface area contributed by atoms with Crippen molar-refractivity contribution in [1.82, 2.24) is 5.06 Å². The monoisotopic (exact) mass is 347 g/mol. The molecule has 25 heavy (non-hydrogen) atoms. The van der Waals surface area contributed by atoms with Gasteiger partial charge in [0.25, 0.3) is 0 Å². The van der Waals surface area contributed by atoms with Crippen LogP contribution < -0.4 is 0 Å². The summed E-state index contributed by atoms with van der Waals surface area (Å²) in [4.78, 5) is 18.6. The quantitative estimate of drug-likeness (QED) is 0.642. The van der Waals surface area contributed by atoms with Gasteiger partial charge in [-0.05, 0) is 80.0 Å². The van der Waals surface area contributed by atoms with Crippen molar-refractivity contribution in [3.63, 3.8) is 0 Å². The van der Waals surface area contributed by atoms with Crippen LogP contribution in [0.3, 0.4) is 0 Å². The Kier molecular flexibility index (Phi) is 4.67. The highest BCUT2D eigenvalue weighted by Crippen LogP contribution is 2.64. The lowest BCUT2D eigenvalue weighted by molar-refractivity contribution is -0.246. The maximum absolute atomic E-state index is 12.6. The third kappa shape index (κ3) is 2.76. The second-order valence-corrected chi connectivity index (χ2v) is 9.97. The maximum Gasteiger partial charge on any atom is 0.246 e.